The van der Waals surface area contributed by atoms with E-state index in [9.17, 15) is 9.90 Å². The molecule has 0 atom stereocenters. The van der Waals surface area contributed by atoms with Crippen LogP contribution in [-0.2, 0) is 6.54 Å². The van der Waals surface area contributed by atoms with Gasteiger partial charge in [-0.15, -0.1) is 0 Å². The van der Waals surface area contributed by atoms with Crippen LogP contribution >= 0.6 is 0 Å². The summed E-state index contributed by atoms with van der Waals surface area (Å²) < 4.78 is 2.01. The van der Waals surface area contributed by atoms with Crippen molar-refractivity contribution in [2.45, 2.75) is 32.2 Å². The minimum Gasteiger partial charge on any atom is -0.478 e. The molecule has 19 heavy (non-hydrogen) atoms. The van der Waals surface area contributed by atoms with E-state index < -0.39 is 5.97 Å². The molecule has 1 aromatic carbocycles. The van der Waals surface area contributed by atoms with E-state index in [4.69, 9.17) is 5.11 Å². The Morgan fingerprint density at radius 3 is 2.58 bits per heavy atom. The highest BCUT2D eigenvalue weighted by molar-refractivity contribution is 6.03. The number of nitrogens with zero attached hydrogens (tertiary/aromatic N) is 1. The predicted octanol–water partition coefficient (Wildman–Crippen LogP) is 2.89. The lowest BCUT2D eigenvalue weighted by atomic mass is 10.2. The van der Waals surface area contributed by atoms with Gasteiger partial charge in [0.1, 0.15) is 0 Å². The molecular weight excluding hydrogens is 242 g/mol. The van der Waals surface area contributed by atoms with Crippen LogP contribution in [-0.4, -0.2) is 27.4 Å². The van der Waals surface area contributed by atoms with Gasteiger partial charge in [-0.2, -0.15) is 0 Å². The first kappa shape index (κ1) is 13.6. The molecule has 2 rings (SSSR count). The van der Waals surface area contributed by atoms with Crippen molar-refractivity contribution in [2.75, 3.05) is 6.61 Å². The molecule has 2 N–H and O–H groups in total. The molecule has 0 bridgehead atoms. The van der Waals surface area contributed by atoms with E-state index in [0.29, 0.717) is 5.56 Å². The highest BCUT2D eigenvalue weighted by Gasteiger charge is 2.12. The third kappa shape index (κ3) is 3.15. The number of carboxylic acid groups (broad SMARTS) is 1. The summed E-state index contributed by atoms with van der Waals surface area (Å²) in [5, 5.41) is 18.7. The van der Waals surface area contributed by atoms with E-state index in [1.54, 1.807) is 6.20 Å². The zero-order chi connectivity index (χ0) is 13.7. The SMILES string of the molecule is O=C(O)c1cn(CCCCCCO)c2ccccc12. The Hall–Kier alpha value is -1.81. The number of carboxylic acids is 1. The lowest BCUT2D eigenvalue weighted by Gasteiger charge is -2.04. The summed E-state index contributed by atoms with van der Waals surface area (Å²) in [6.07, 6.45) is 5.63. The van der Waals surface area contributed by atoms with Crippen LogP contribution in [0.2, 0.25) is 0 Å². The van der Waals surface area contributed by atoms with Crippen molar-refractivity contribution in [3.05, 3.63) is 36.0 Å². The molecule has 0 unspecified atom stereocenters. The van der Waals surface area contributed by atoms with Gasteiger partial charge in [0.2, 0.25) is 0 Å². The predicted molar refractivity (Wildman–Crippen MR) is 74.5 cm³/mol. The van der Waals surface area contributed by atoms with Crippen LogP contribution in [0.4, 0.5) is 0 Å². The zero-order valence-electron chi connectivity index (χ0n) is 10.9. The molecule has 2 aromatic rings. The summed E-state index contributed by atoms with van der Waals surface area (Å²) in [5.74, 6) is -0.879. The van der Waals surface area contributed by atoms with Gasteiger partial charge >= 0.3 is 5.97 Å². The number of carbonyl (C=O) groups is 1. The van der Waals surface area contributed by atoms with Crippen molar-refractivity contribution in [1.82, 2.24) is 4.57 Å². The van der Waals surface area contributed by atoms with E-state index in [0.717, 1.165) is 43.1 Å². The van der Waals surface area contributed by atoms with Gasteiger partial charge in [-0.05, 0) is 18.9 Å². The standard InChI is InChI=1S/C15H19NO3/c17-10-6-2-1-5-9-16-11-13(15(18)19)12-7-3-4-8-14(12)16/h3-4,7-8,11,17H,1-2,5-6,9-10H2,(H,18,19). The number of aromatic nitrogens is 1. The van der Waals surface area contributed by atoms with Crippen molar-refractivity contribution in [1.29, 1.82) is 0 Å². The molecule has 0 fully saturated rings. The van der Waals surface area contributed by atoms with Crippen LogP contribution in [0.15, 0.2) is 30.5 Å². The van der Waals surface area contributed by atoms with E-state index in [-0.39, 0.29) is 6.61 Å². The van der Waals surface area contributed by atoms with Gasteiger partial charge in [-0.1, -0.05) is 31.0 Å². The smallest absolute Gasteiger partial charge is 0.337 e. The summed E-state index contributed by atoms with van der Waals surface area (Å²) in [4.78, 5) is 11.2. The number of aliphatic hydroxyl groups is 1. The molecule has 0 aliphatic rings. The maximum Gasteiger partial charge on any atom is 0.337 e. The second-order valence-corrected chi connectivity index (χ2v) is 4.70. The molecule has 0 amide bonds. The van der Waals surface area contributed by atoms with Crippen molar-refractivity contribution < 1.29 is 15.0 Å². The van der Waals surface area contributed by atoms with E-state index in [2.05, 4.69) is 0 Å². The Morgan fingerprint density at radius 2 is 1.84 bits per heavy atom. The Labute approximate surface area is 112 Å². The molecule has 0 saturated heterocycles. The molecule has 102 valence electrons. The maximum absolute atomic E-state index is 11.2. The highest BCUT2D eigenvalue weighted by Crippen LogP contribution is 2.22. The lowest BCUT2D eigenvalue weighted by molar-refractivity contribution is 0.0698. The fourth-order valence-electron chi connectivity index (χ4n) is 2.35. The largest absolute Gasteiger partial charge is 0.478 e. The summed E-state index contributed by atoms with van der Waals surface area (Å²) >= 11 is 0. The Balaban J connectivity index is 2.12. The van der Waals surface area contributed by atoms with Gasteiger partial charge in [-0.3, -0.25) is 0 Å². The molecule has 0 radical (unpaired) electrons. The quantitative estimate of drug-likeness (QED) is 0.753. The summed E-state index contributed by atoms with van der Waals surface area (Å²) in [6.45, 7) is 1.06. The van der Waals surface area contributed by atoms with E-state index >= 15 is 0 Å². The number of fused-ring (bicyclic) bond motifs is 1. The van der Waals surface area contributed by atoms with Crippen LogP contribution in [0.25, 0.3) is 10.9 Å². The number of aromatic carboxylic acids is 1. The monoisotopic (exact) mass is 261 g/mol. The number of para-hydroxylation sites is 1. The van der Waals surface area contributed by atoms with Crippen molar-refractivity contribution >= 4 is 16.9 Å². The summed E-state index contributed by atoms with van der Waals surface area (Å²) in [6, 6.07) is 7.59. The maximum atomic E-state index is 11.2. The molecule has 1 heterocycles. The molecule has 4 nitrogen and oxygen atoms in total. The molecule has 0 aliphatic carbocycles. The average molecular weight is 261 g/mol. The van der Waals surface area contributed by atoms with Crippen LogP contribution in [0.1, 0.15) is 36.0 Å². The van der Waals surface area contributed by atoms with Crippen LogP contribution < -0.4 is 0 Å². The minimum atomic E-state index is -0.879. The summed E-state index contributed by atoms with van der Waals surface area (Å²) in [5.41, 5.74) is 1.34. The third-order valence-electron chi connectivity index (χ3n) is 3.33. The average Bonchev–Trinajstić information content (AvgIpc) is 2.78. The highest BCUT2D eigenvalue weighted by atomic mass is 16.4. The fraction of sp³-hybridized carbons (Fsp3) is 0.400. The van der Waals surface area contributed by atoms with Crippen LogP contribution in [0.5, 0.6) is 0 Å². The van der Waals surface area contributed by atoms with Crippen molar-refractivity contribution in [2.24, 2.45) is 0 Å². The lowest BCUT2D eigenvalue weighted by Crippen LogP contribution is -1.97. The van der Waals surface area contributed by atoms with Crippen LogP contribution in [0.3, 0.4) is 0 Å². The molecule has 0 saturated carbocycles. The van der Waals surface area contributed by atoms with Crippen LogP contribution in [0, 0.1) is 0 Å². The first-order valence-electron chi connectivity index (χ1n) is 6.66. The van der Waals surface area contributed by atoms with Gasteiger partial charge in [0.25, 0.3) is 0 Å². The number of hydrogen-bond acceptors (Lipinski definition) is 2. The van der Waals surface area contributed by atoms with Gasteiger partial charge in [0.05, 0.1) is 5.56 Å². The van der Waals surface area contributed by atoms with Gasteiger partial charge < -0.3 is 14.8 Å². The zero-order valence-corrected chi connectivity index (χ0v) is 10.9. The molecule has 0 aliphatic heterocycles. The normalized spacial score (nSPS) is 11.0. The minimum absolute atomic E-state index is 0.246. The molecular formula is C15H19NO3. The number of rotatable bonds is 7. The summed E-state index contributed by atoms with van der Waals surface area (Å²) in [7, 11) is 0. The molecule has 0 spiro atoms. The second-order valence-electron chi connectivity index (χ2n) is 4.70. The first-order valence-corrected chi connectivity index (χ1v) is 6.66. The number of benzene rings is 1. The van der Waals surface area contributed by atoms with Gasteiger partial charge in [0.15, 0.2) is 0 Å². The Bertz CT molecular complexity index is 560. The first-order chi connectivity index (χ1) is 9.24. The topological polar surface area (TPSA) is 62.5 Å². The fourth-order valence-corrected chi connectivity index (χ4v) is 2.35. The molecule has 1 aromatic heterocycles. The molecule has 4 heteroatoms. The van der Waals surface area contributed by atoms with Crippen molar-refractivity contribution in [3.63, 3.8) is 0 Å². The van der Waals surface area contributed by atoms with Gasteiger partial charge in [-0.25, -0.2) is 4.79 Å². The number of aryl methyl sites for hydroxylation is 1. The third-order valence-corrected chi connectivity index (χ3v) is 3.33. The number of aliphatic hydroxyl groups excluding tert-OH is 1. The number of hydrogen-bond donors (Lipinski definition) is 2. The second kappa shape index (κ2) is 6.38. The van der Waals surface area contributed by atoms with Gasteiger partial charge in [0, 0.05) is 30.3 Å². The van der Waals surface area contributed by atoms with Crippen molar-refractivity contribution in [3.8, 4) is 0 Å². The Kier molecular flexibility index (Phi) is 4.58. The van der Waals surface area contributed by atoms with E-state index in [1.807, 2.05) is 28.8 Å². The van der Waals surface area contributed by atoms with E-state index in [1.165, 1.54) is 0 Å². The Morgan fingerprint density at radius 1 is 1.11 bits per heavy atom. The number of unbranched alkanes of at least 4 members (excludes halogenated alkanes) is 3.